The van der Waals surface area contributed by atoms with Crippen LogP contribution in [0.3, 0.4) is 0 Å². The summed E-state index contributed by atoms with van der Waals surface area (Å²) in [4.78, 5) is 0. The highest BCUT2D eigenvalue weighted by molar-refractivity contribution is 5.14. The molecule has 10 heavy (non-hydrogen) atoms. The smallest absolute Gasteiger partial charge is 0.170 e. The predicted molar refractivity (Wildman–Crippen MR) is 39.7 cm³/mol. The molecule has 1 atom stereocenters. The van der Waals surface area contributed by atoms with Crippen LogP contribution < -0.4 is 5.84 Å². The second kappa shape index (κ2) is 2.44. The Morgan fingerprint density at radius 2 is 2.20 bits per heavy atom. The molecule has 3 heteroatoms. The number of methoxy groups -OCH3 is 1. The molecule has 0 fully saturated rings. The summed E-state index contributed by atoms with van der Waals surface area (Å²) in [6, 6.07) is 0. The van der Waals surface area contributed by atoms with Gasteiger partial charge in [-0.1, -0.05) is 6.08 Å². The minimum atomic E-state index is -0.477. The standard InChI is InChI=1S/C7H12N2O/c1-7(10-2)5-3-4-6-9(7)8/h3-6H,8H2,1-2H3/t7-/m0/s1. The summed E-state index contributed by atoms with van der Waals surface area (Å²) in [5.41, 5.74) is -0.477. The van der Waals surface area contributed by atoms with E-state index in [4.69, 9.17) is 10.6 Å². The van der Waals surface area contributed by atoms with Gasteiger partial charge >= 0.3 is 0 Å². The van der Waals surface area contributed by atoms with Gasteiger partial charge in [0.1, 0.15) is 0 Å². The molecule has 0 spiro atoms. The summed E-state index contributed by atoms with van der Waals surface area (Å²) < 4.78 is 5.15. The van der Waals surface area contributed by atoms with Crippen LogP contribution in [0.15, 0.2) is 24.4 Å². The maximum Gasteiger partial charge on any atom is 0.170 e. The van der Waals surface area contributed by atoms with Crippen LogP contribution in [-0.2, 0) is 4.74 Å². The molecule has 0 unspecified atom stereocenters. The molecular formula is C7H12N2O. The molecule has 1 aliphatic rings. The van der Waals surface area contributed by atoms with Crippen molar-refractivity contribution in [1.82, 2.24) is 5.01 Å². The van der Waals surface area contributed by atoms with Gasteiger partial charge in [0.15, 0.2) is 5.72 Å². The van der Waals surface area contributed by atoms with Gasteiger partial charge in [0.05, 0.1) is 0 Å². The van der Waals surface area contributed by atoms with Crippen LogP contribution in [0.1, 0.15) is 6.92 Å². The van der Waals surface area contributed by atoms with Crippen LogP contribution in [-0.4, -0.2) is 17.8 Å². The lowest BCUT2D eigenvalue weighted by Gasteiger charge is -2.34. The maximum atomic E-state index is 5.59. The van der Waals surface area contributed by atoms with E-state index in [1.807, 2.05) is 25.2 Å². The third-order valence-electron chi connectivity index (χ3n) is 1.69. The van der Waals surface area contributed by atoms with Crippen molar-refractivity contribution in [2.24, 2.45) is 5.84 Å². The van der Waals surface area contributed by atoms with Crippen LogP contribution in [0.25, 0.3) is 0 Å². The average Bonchev–Trinajstić information content (AvgIpc) is 1.96. The number of allylic oxidation sites excluding steroid dienone is 2. The minimum absolute atomic E-state index is 0.477. The van der Waals surface area contributed by atoms with Crippen molar-refractivity contribution in [2.75, 3.05) is 7.11 Å². The first-order chi connectivity index (χ1) is 4.69. The van der Waals surface area contributed by atoms with Gasteiger partial charge in [-0.2, -0.15) is 0 Å². The molecule has 0 amide bonds. The van der Waals surface area contributed by atoms with Crippen molar-refractivity contribution in [2.45, 2.75) is 12.6 Å². The van der Waals surface area contributed by atoms with E-state index >= 15 is 0 Å². The lowest BCUT2D eigenvalue weighted by molar-refractivity contribution is -0.0626. The van der Waals surface area contributed by atoms with Crippen LogP contribution >= 0.6 is 0 Å². The summed E-state index contributed by atoms with van der Waals surface area (Å²) in [6.07, 6.45) is 7.43. The van der Waals surface area contributed by atoms with Gasteiger partial charge in [0, 0.05) is 13.3 Å². The fourth-order valence-corrected chi connectivity index (χ4v) is 0.784. The fourth-order valence-electron chi connectivity index (χ4n) is 0.784. The zero-order valence-electron chi connectivity index (χ0n) is 6.24. The van der Waals surface area contributed by atoms with Crippen molar-refractivity contribution in [3.63, 3.8) is 0 Å². The molecule has 0 aliphatic carbocycles. The van der Waals surface area contributed by atoms with E-state index in [-0.39, 0.29) is 0 Å². The Kier molecular flexibility index (Phi) is 1.78. The topological polar surface area (TPSA) is 38.5 Å². The second-order valence-corrected chi connectivity index (χ2v) is 2.37. The molecule has 1 rings (SSSR count). The minimum Gasteiger partial charge on any atom is -0.354 e. The molecule has 0 aromatic heterocycles. The largest absolute Gasteiger partial charge is 0.354 e. The molecule has 1 aliphatic heterocycles. The van der Waals surface area contributed by atoms with Crippen LogP contribution in [0.4, 0.5) is 0 Å². The number of nitrogens with two attached hydrogens (primary N) is 1. The first kappa shape index (κ1) is 7.31. The lowest BCUT2D eigenvalue weighted by Crippen LogP contribution is -2.48. The van der Waals surface area contributed by atoms with Crippen molar-refractivity contribution >= 4 is 0 Å². The molecule has 0 aromatic rings. The number of ether oxygens (including phenoxy) is 1. The zero-order valence-corrected chi connectivity index (χ0v) is 6.24. The van der Waals surface area contributed by atoms with Gasteiger partial charge in [-0.15, -0.1) is 0 Å². The maximum absolute atomic E-state index is 5.59. The molecule has 0 saturated carbocycles. The zero-order chi connectivity index (χ0) is 7.61. The van der Waals surface area contributed by atoms with Crippen molar-refractivity contribution in [3.8, 4) is 0 Å². The highest BCUT2D eigenvalue weighted by Gasteiger charge is 2.25. The van der Waals surface area contributed by atoms with Gasteiger partial charge in [-0.05, 0) is 19.1 Å². The SMILES string of the molecule is CO[C@@]1(C)C=CC=CN1N. The molecule has 2 N–H and O–H groups in total. The molecule has 0 bridgehead atoms. The lowest BCUT2D eigenvalue weighted by atomic mass is 10.2. The highest BCUT2D eigenvalue weighted by atomic mass is 16.5. The number of hydrogen-bond acceptors (Lipinski definition) is 3. The van der Waals surface area contributed by atoms with Gasteiger partial charge in [-0.3, -0.25) is 5.01 Å². The molecule has 0 aromatic carbocycles. The first-order valence-electron chi connectivity index (χ1n) is 3.14. The third kappa shape index (κ3) is 1.05. The Bertz CT molecular complexity index is 176. The van der Waals surface area contributed by atoms with E-state index in [9.17, 15) is 0 Å². The molecular weight excluding hydrogens is 128 g/mol. The van der Waals surface area contributed by atoms with Gasteiger partial charge < -0.3 is 4.74 Å². The Morgan fingerprint density at radius 3 is 2.60 bits per heavy atom. The Morgan fingerprint density at radius 1 is 1.50 bits per heavy atom. The third-order valence-corrected chi connectivity index (χ3v) is 1.69. The fraction of sp³-hybridized carbons (Fsp3) is 0.429. The van der Waals surface area contributed by atoms with Crippen molar-refractivity contribution in [3.05, 3.63) is 24.4 Å². The number of hydrogen-bond donors (Lipinski definition) is 1. The van der Waals surface area contributed by atoms with E-state index in [0.717, 1.165) is 0 Å². The highest BCUT2D eigenvalue weighted by Crippen LogP contribution is 2.17. The second-order valence-electron chi connectivity index (χ2n) is 2.37. The molecule has 56 valence electrons. The molecule has 0 saturated heterocycles. The van der Waals surface area contributed by atoms with Gasteiger partial charge in [-0.25, -0.2) is 5.84 Å². The molecule has 3 nitrogen and oxygen atoms in total. The average molecular weight is 140 g/mol. The number of nitrogens with zero attached hydrogens (tertiary/aromatic N) is 1. The molecule has 1 heterocycles. The number of rotatable bonds is 1. The summed E-state index contributed by atoms with van der Waals surface area (Å²) in [7, 11) is 1.63. The Labute approximate surface area is 60.7 Å². The van der Waals surface area contributed by atoms with Crippen LogP contribution in [0, 0.1) is 0 Å². The van der Waals surface area contributed by atoms with Crippen molar-refractivity contribution < 1.29 is 4.74 Å². The molecule has 0 radical (unpaired) electrons. The van der Waals surface area contributed by atoms with Crippen molar-refractivity contribution in [1.29, 1.82) is 0 Å². The first-order valence-corrected chi connectivity index (χ1v) is 3.14. The van der Waals surface area contributed by atoms with Crippen LogP contribution in [0.5, 0.6) is 0 Å². The van der Waals surface area contributed by atoms with Crippen LogP contribution in [0.2, 0.25) is 0 Å². The quantitative estimate of drug-likeness (QED) is 0.542. The summed E-state index contributed by atoms with van der Waals surface area (Å²) in [5.74, 6) is 5.59. The van der Waals surface area contributed by atoms with Gasteiger partial charge in [0.2, 0.25) is 0 Å². The van der Waals surface area contributed by atoms with Gasteiger partial charge in [0.25, 0.3) is 0 Å². The van der Waals surface area contributed by atoms with E-state index in [2.05, 4.69) is 0 Å². The van der Waals surface area contributed by atoms with E-state index in [1.165, 1.54) is 5.01 Å². The number of hydrazine groups is 1. The monoisotopic (exact) mass is 140 g/mol. The predicted octanol–water partition coefficient (Wildman–Crippen LogP) is 0.608. The summed E-state index contributed by atoms with van der Waals surface area (Å²) in [5, 5.41) is 1.52. The Balaban J connectivity index is 2.77. The summed E-state index contributed by atoms with van der Waals surface area (Å²) >= 11 is 0. The van der Waals surface area contributed by atoms with E-state index in [0.29, 0.717) is 0 Å². The Hall–Kier alpha value is -0.800. The van der Waals surface area contributed by atoms with E-state index in [1.54, 1.807) is 13.3 Å². The van der Waals surface area contributed by atoms with E-state index < -0.39 is 5.72 Å². The summed E-state index contributed by atoms with van der Waals surface area (Å²) in [6.45, 7) is 1.90. The normalized spacial score (nSPS) is 31.3.